The van der Waals surface area contributed by atoms with Gasteiger partial charge in [-0.15, -0.1) is 0 Å². The van der Waals surface area contributed by atoms with E-state index in [0.29, 0.717) is 91.6 Å². The van der Waals surface area contributed by atoms with Crippen LogP contribution < -0.4 is 5.73 Å². The van der Waals surface area contributed by atoms with Crippen LogP contribution in [0.1, 0.15) is 38.4 Å². The molecule has 0 aliphatic carbocycles. The zero-order valence-corrected chi connectivity index (χ0v) is 37.6. The number of aromatic carboxylic acids is 1. The van der Waals surface area contributed by atoms with E-state index in [1.165, 1.54) is 18.6 Å². The number of esters is 1. The highest BCUT2D eigenvalue weighted by atomic mass is 35.5. The van der Waals surface area contributed by atoms with Crippen LogP contribution in [0.4, 0.5) is 0 Å². The number of carbonyl (C=O) groups excluding carboxylic acids is 2. The molecule has 0 fully saturated rings. The third kappa shape index (κ3) is 10.6. The number of nitrogens with two attached hydrogens (primary N) is 1. The number of ether oxygens (including phenoxy) is 1. The number of aromatic nitrogens is 9. The predicted molar refractivity (Wildman–Crippen MR) is 250 cm³/mol. The van der Waals surface area contributed by atoms with Gasteiger partial charge in [-0.1, -0.05) is 106 Å². The standard InChI is InChI=1S/C16H11Cl2N3O2.C14H8Cl2N4O.C14H7Cl2N3O2/c1-2-23-16(22)14-10-4-3-5-11(17)13(10)20-15(21-14)9-6-7-12(18)19-8-9;15-9-3-1-2-8-11(9)19-14(20-12(8)13(17)21)7-4-5-10(16)18-6-7;15-9-3-1-2-8-11(9)18-13(19-12(8)14(20)21)7-4-5-10(16)17-6-7/h3-8H,2H2,1H3;1-6H,(H2,17,21);1-6H,(H,20,21). The second-order valence-corrected chi connectivity index (χ2v) is 15.5. The first-order valence-corrected chi connectivity index (χ1v) is 20.9. The first kappa shape index (κ1) is 46.3. The predicted octanol–water partition coefficient (Wildman–Crippen LogP) is 11.0. The van der Waals surface area contributed by atoms with Gasteiger partial charge in [-0.05, 0) is 61.5 Å². The minimum Gasteiger partial charge on any atom is -0.476 e. The van der Waals surface area contributed by atoms with Crippen molar-refractivity contribution in [1.82, 2.24) is 44.9 Å². The number of carboxylic acids is 1. The molecule has 6 heterocycles. The van der Waals surface area contributed by atoms with Gasteiger partial charge in [-0.25, -0.2) is 54.4 Å². The Hall–Kier alpha value is -6.72. The molecule has 0 bridgehead atoms. The molecule has 6 aromatic heterocycles. The second-order valence-electron chi connectivity index (χ2n) is 13.1. The summed E-state index contributed by atoms with van der Waals surface area (Å²) in [4.78, 5) is 72.9. The van der Waals surface area contributed by atoms with Crippen molar-refractivity contribution in [3.8, 4) is 34.2 Å². The minimum atomic E-state index is -1.15. The van der Waals surface area contributed by atoms with Crippen molar-refractivity contribution in [3.63, 3.8) is 0 Å². The maximum absolute atomic E-state index is 12.2. The van der Waals surface area contributed by atoms with E-state index >= 15 is 0 Å². The highest BCUT2D eigenvalue weighted by molar-refractivity contribution is 6.36. The second kappa shape index (κ2) is 20.4. The number of pyridine rings is 3. The van der Waals surface area contributed by atoms with Crippen molar-refractivity contribution < 1.29 is 24.2 Å². The van der Waals surface area contributed by atoms with Crippen LogP contribution in [0.2, 0.25) is 30.5 Å². The Kier molecular flexibility index (Phi) is 14.5. The average Bonchev–Trinajstić information content (AvgIpc) is 3.30. The van der Waals surface area contributed by atoms with Crippen molar-refractivity contribution in [2.75, 3.05) is 6.61 Å². The maximum Gasteiger partial charge on any atom is 0.357 e. The fourth-order valence-electron chi connectivity index (χ4n) is 5.97. The van der Waals surface area contributed by atoms with Crippen molar-refractivity contribution >= 4 is 120 Å². The van der Waals surface area contributed by atoms with Crippen molar-refractivity contribution in [2.45, 2.75) is 6.92 Å². The number of carboxylic acid groups (broad SMARTS) is 1. The maximum atomic E-state index is 12.2. The summed E-state index contributed by atoms with van der Waals surface area (Å²) in [6.45, 7) is 1.99. The van der Waals surface area contributed by atoms with Gasteiger partial charge in [0.2, 0.25) is 0 Å². The molecule has 3 N–H and O–H groups in total. The van der Waals surface area contributed by atoms with Gasteiger partial charge in [-0.3, -0.25) is 4.79 Å². The van der Waals surface area contributed by atoms with Gasteiger partial charge in [0.1, 0.15) is 21.2 Å². The Morgan fingerprint density at radius 1 is 0.508 bits per heavy atom. The summed E-state index contributed by atoms with van der Waals surface area (Å²) in [6.07, 6.45) is 4.53. The molecule has 0 atom stereocenters. The molecule has 9 aromatic rings. The normalized spacial score (nSPS) is 10.8. The molecule has 65 heavy (non-hydrogen) atoms. The van der Waals surface area contributed by atoms with E-state index in [0.717, 1.165) is 0 Å². The molecule has 9 rings (SSSR count). The first-order chi connectivity index (χ1) is 31.2. The topological polar surface area (TPSA) is 223 Å². The molecule has 21 heteroatoms. The summed E-state index contributed by atoms with van der Waals surface area (Å²) < 4.78 is 5.08. The van der Waals surface area contributed by atoms with E-state index in [2.05, 4.69) is 44.9 Å². The molecule has 0 spiro atoms. The van der Waals surface area contributed by atoms with Crippen LogP contribution in [0.15, 0.2) is 110 Å². The molecule has 0 saturated heterocycles. The third-order valence-electron chi connectivity index (χ3n) is 8.89. The molecular weight excluding hydrogens is 961 g/mol. The number of nitrogens with zero attached hydrogens (tertiary/aromatic N) is 9. The van der Waals surface area contributed by atoms with Gasteiger partial charge < -0.3 is 15.6 Å². The quantitative estimate of drug-likeness (QED) is 0.112. The van der Waals surface area contributed by atoms with Gasteiger partial charge in [0.25, 0.3) is 5.91 Å². The van der Waals surface area contributed by atoms with E-state index < -0.39 is 17.8 Å². The lowest BCUT2D eigenvalue weighted by Crippen LogP contribution is -2.15. The number of halogens is 6. The summed E-state index contributed by atoms with van der Waals surface area (Å²) in [5, 5.41) is 13.0. The van der Waals surface area contributed by atoms with Gasteiger partial charge in [0.05, 0.1) is 38.2 Å². The fraction of sp³-hybridized carbons (Fsp3) is 0.0455. The smallest absolute Gasteiger partial charge is 0.357 e. The third-order valence-corrected chi connectivity index (χ3v) is 10.5. The Labute approximate surface area is 397 Å². The molecular formula is C44H26Cl6N10O5. The number of para-hydroxylation sites is 3. The summed E-state index contributed by atoms with van der Waals surface area (Å²) in [5.74, 6) is -1.44. The molecule has 15 nitrogen and oxygen atoms in total. The van der Waals surface area contributed by atoms with Crippen LogP contribution in [0.25, 0.3) is 66.9 Å². The number of fused-ring (bicyclic) bond motifs is 3. The monoisotopic (exact) mass is 984 g/mol. The Bertz CT molecular complexity index is 3130. The summed E-state index contributed by atoms with van der Waals surface area (Å²) in [6, 6.07) is 25.1. The lowest BCUT2D eigenvalue weighted by Gasteiger charge is -2.09. The summed E-state index contributed by atoms with van der Waals surface area (Å²) >= 11 is 35.7. The Morgan fingerprint density at radius 2 is 0.862 bits per heavy atom. The SMILES string of the molecule is CCOC(=O)c1nc(-c2ccc(Cl)nc2)nc2c(Cl)cccc12.NC(=O)c1nc(-c2ccc(Cl)nc2)nc2c(Cl)cccc12.O=C(O)c1nc(-c2ccc(Cl)nc2)nc2c(Cl)cccc12. The molecule has 324 valence electrons. The van der Waals surface area contributed by atoms with E-state index in [4.69, 9.17) is 80.1 Å². The van der Waals surface area contributed by atoms with Gasteiger partial charge in [0, 0.05) is 51.4 Å². The Morgan fingerprint density at radius 3 is 1.20 bits per heavy atom. The number of primary amides is 1. The van der Waals surface area contributed by atoms with Crippen LogP contribution in [0, 0.1) is 0 Å². The van der Waals surface area contributed by atoms with Gasteiger partial charge >= 0.3 is 11.9 Å². The molecule has 3 aromatic carbocycles. The van der Waals surface area contributed by atoms with Crippen LogP contribution in [0.5, 0.6) is 0 Å². The molecule has 0 aliphatic heterocycles. The van der Waals surface area contributed by atoms with Crippen LogP contribution >= 0.6 is 69.6 Å². The Balaban J connectivity index is 0.000000146. The van der Waals surface area contributed by atoms with Crippen LogP contribution in [0.3, 0.4) is 0 Å². The number of rotatable bonds is 7. The first-order valence-electron chi connectivity index (χ1n) is 18.7. The number of benzene rings is 3. The van der Waals surface area contributed by atoms with E-state index in [-0.39, 0.29) is 29.5 Å². The highest BCUT2D eigenvalue weighted by Gasteiger charge is 2.20. The molecule has 1 amide bonds. The van der Waals surface area contributed by atoms with Gasteiger partial charge in [0.15, 0.2) is 28.9 Å². The average molecular weight is 987 g/mol. The largest absolute Gasteiger partial charge is 0.476 e. The fourth-order valence-corrected chi connectivity index (χ4v) is 6.95. The van der Waals surface area contributed by atoms with E-state index in [1.807, 2.05) is 0 Å². The van der Waals surface area contributed by atoms with Crippen LogP contribution in [-0.2, 0) is 4.74 Å². The zero-order chi connectivity index (χ0) is 46.4. The van der Waals surface area contributed by atoms with E-state index in [9.17, 15) is 19.5 Å². The van der Waals surface area contributed by atoms with Crippen molar-refractivity contribution in [2.24, 2.45) is 5.73 Å². The summed E-state index contributed by atoms with van der Waals surface area (Å²) in [7, 11) is 0. The number of amides is 1. The van der Waals surface area contributed by atoms with Crippen LogP contribution in [-0.4, -0.2) is 74.4 Å². The highest BCUT2D eigenvalue weighted by Crippen LogP contribution is 2.30. The lowest BCUT2D eigenvalue weighted by molar-refractivity contribution is 0.0521. The van der Waals surface area contributed by atoms with Gasteiger partial charge in [-0.2, -0.15) is 0 Å². The molecule has 0 saturated carbocycles. The molecule has 0 aliphatic rings. The number of hydrogen-bond acceptors (Lipinski definition) is 13. The van der Waals surface area contributed by atoms with E-state index in [1.54, 1.807) is 97.9 Å². The number of hydrogen-bond donors (Lipinski definition) is 2. The molecule has 0 unspecified atom stereocenters. The minimum absolute atomic E-state index is 0.104. The summed E-state index contributed by atoms with van der Waals surface area (Å²) in [5.41, 5.74) is 8.71. The lowest BCUT2D eigenvalue weighted by atomic mass is 10.1. The zero-order valence-electron chi connectivity index (χ0n) is 33.0. The molecule has 0 radical (unpaired) electrons. The van der Waals surface area contributed by atoms with Crippen molar-refractivity contribution in [1.29, 1.82) is 0 Å². The van der Waals surface area contributed by atoms with Crippen molar-refractivity contribution in [3.05, 3.63) is 157 Å². The number of carbonyl (C=O) groups is 3.